The Balaban J connectivity index is 1.99. The molecule has 122 valence electrons. The summed E-state index contributed by atoms with van der Waals surface area (Å²) in [7, 11) is 0. The average Bonchev–Trinajstić information content (AvgIpc) is 3.05. The Morgan fingerprint density at radius 2 is 2.00 bits per heavy atom. The number of hydrogen-bond acceptors (Lipinski definition) is 4. The van der Waals surface area contributed by atoms with E-state index in [-0.39, 0.29) is 18.7 Å². The van der Waals surface area contributed by atoms with E-state index in [2.05, 4.69) is 5.32 Å². The topological polar surface area (TPSA) is 79.5 Å². The van der Waals surface area contributed by atoms with Crippen molar-refractivity contribution in [1.82, 2.24) is 5.32 Å². The summed E-state index contributed by atoms with van der Waals surface area (Å²) in [5, 5.41) is 11.9. The van der Waals surface area contributed by atoms with Crippen molar-refractivity contribution in [2.24, 2.45) is 0 Å². The number of amides is 1. The zero-order valence-electron chi connectivity index (χ0n) is 12.8. The van der Waals surface area contributed by atoms with Crippen LogP contribution < -0.4 is 5.32 Å². The number of furan rings is 1. The molecule has 0 bridgehead atoms. The Morgan fingerprint density at radius 1 is 1.26 bits per heavy atom. The number of carboxylic acids is 1. The van der Waals surface area contributed by atoms with Crippen LogP contribution in [0.2, 0.25) is 0 Å². The Kier molecular flexibility index (Phi) is 6.29. The van der Waals surface area contributed by atoms with Crippen molar-refractivity contribution in [3.63, 3.8) is 0 Å². The standard InChI is InChI=1S/C17H19NO4S/c1-23-14-7-4-12(5-8-14)15(11-17(20)21)18-16(19)9-6-13-3-2-10-22-13/h2-5,7-8,10,15H,6,9,11H2,1H3,(H,18,19)(H,20,21). The highest BCUT2D eigenvalue weighted by molar-refractivity contribution is 7.98. The quantitative estimate of drug-likeness (QED) is 0.725. The highest BCUT2D eigenvalue weighted by Crippen LogP contribution is 2.21. The van der Waals surface area contributed by atoms with Crippen LogP contribution in [0.5, 0.6) is 0 Å². The minimum absolute atomic E-state index is 0.148. The molecular weight excluding hydrogens is 314 g/mol. The fourth-order valence-electron chi connectivity index (χ4n) is 2.22. The fraction of sp³-hybridized carbons (Fsp3) is 0.294. The largest absolute Gasteiger partial charge is 0.481 e. The van der Waals surface area contributed by atoms with Crippen LogP contribution in [-0.2, 0) is 16.0 Å². The molecule has 0 saturated heterocycles. The third kappa shape index (κ3) is 5.49. The predicted molar refractivity (Wildman–Crippen MR) is 88.4 cm³/mol. The summed E-state index contributed by atoms with van der Waals surface area (Å²) < 4.78 is 5.19. The van der Waals surface area contributed by atoms with E-state index in [4.69, 9.17) is 9.52 Å². The first-order chi connectivity index (χ1) is 11.1. The van der Waals surface area contributed by atoms with Gasteiger partial charge in [0, 0.05) is 17.7 Å². The monoisotopic (exact) mass is 333 g/mol. The van der Waals surface area contributed by atoms with Gasteiger partial charge in [0.05, 0.1) is 18.7 Å². The molecule has 1 aromatic heterocycles. The molecule has 0 aliphatic carbocycles. The van der Waals surface area contributed by atoms with Gasteiger partial charge in [-0.3, -0.25) is 9.59 Å². The molecule has 0 radical (unpaired) electrons. The van der Waals surface area contributed by atoms with Gasteiger partial charge in [0.15, 0.2) is 0 Å². The fourth-order valence-corrected chi connectivity index (χ4v) is 2.63. The number of benzene rings is 1. The lowest BCUT2D eigenvalue weighted by Crippen LogP contribution is -2.30. The molecule has 1 aromatic carbocycles. The van der Waals surface area contributed by atoms with Gasteiger partial charge in [0.2, 0.25) is 5.91 Å². The molecule has 6 heteroatoms. The maximum absolute atomic E-state index is 12.1. The summed E-state index contributed by atoms with van der Waals surface area (Å²) in [4.78, 5) is 24.2. The molecule has 0 aliphatic heterocycles. The van der Waals surface area contributed by atoms with Crippen LogP contribution in [0.15, 0.2) is 52.0 Å². The second kappa shape index (κ2) is 8.43. The number of hydrogen-bond donors (Lipinski definition) is 2. The molecule has 0 spiro atoms. The van der Waals surface area contributed by atoms with Crippen molar-refractivity contribution in [3.8, 4) is 0 Å². The molecule has 0 fully saturated rings. The number of carbonyl (C=O) groups is 2. The number of aryl methyl sites for hydroxylation is 1. The molecule has 5 nitrogen and oxygen atoms in total. The van der Waals surface area contributed by atoms with E-state index >= 15 is 0 Å². The maximum atomic E-state index is 12.1. The first kappa shape index (κ1) is 17.1. The van der Waals surface area contributed by atoms with Crippen molar-refractivity contribution in [2.45, 2.75) is 30.2 Å². The van der Waals surface area contributed by atoms with Crippen molar-refractivity contribution >= 4 is 23.6 Å². The van der Waals surface area contributed by atoms with Crippen LogP contribution in [0.25, 0.3) is 0 Å². The van der Waals surface area contributed by atoms with Crippen molar-refractivity contribution in [2.75, 3.05) is 6.26 Å². The zero-order valence-corrected chi connectivity index (χ0v) is 13.6. The third-order valence-corrected chi connectivity index (χ3v) is 4.15. The Hall–Kier alpha value is -2.21. The number of carboxylic acid groups (broad SMARTS) is 1. The number of thioether (sulfide) groups is 1. The SMILES string of the molecule is CSc1ccc(C(CC(=O)O)NC(=O)CCc2ccco2)cc1. The van der Waals surface area contributed by atoms with E-state index in [0.717, 1.165) is 16.2 Å². The van der Waals surface area contributed by atoms with Gasteiger partial charge in [-0.2, -0.15) is 0 Å². The van der Waals surface area contributed by atoms with E-state index in [1.807, 2.05) is 36.6 Å². The summed E-state index contributed by atoms with van der Waals surface area (Å²) in [6, 6.07) is 10.6. The average molecular weight is 333 g/mol. The molecule has 1 atom stereocenters. The van der Waals surface area contributed by atoms with Crippen LogP contribution in [0, 0.1) is 0 Å². The summed E-state index contributed by atoms with van der Waals surface area (Å²) in [6.07, 6.45) is 4.13. The Labute approximate surface area is 139 Å². The molecule has 2 N–H and O–H groups in total. The Bertz CT molecular complexity index is 637. The molecule has 2 rings (SSSR count). The van der Waals surface area contributed by atoms with Gasteiger partial charge < -0.3 is 14.8 Å². The highest BCUT2D eigenvalue weighted by Gasteiger charge is 2.18. The zero-order chi connectivity index (χ0) is 16.7. The van der Waals surface area contributed by atoms with E-state index in [1.54, 1.807) is 24.1 Å². The highest BCUT2D eigenvalue weighted by atomic mass is 32.2. The van der Waals surface area contributed by atoms with E-state index in [1.165, 1.54) is 0 Å². The molecule has 1 amide bonds. The van der Waals surface area contributed by atoms with Gasteiger partial charge in [-0.15, -0.1) is 11.8 Å². The van der Waals surface area contributed by atoms with Gasteiger partial charge in [-0.05, 0) is 36.1 Å². The number of nitrogens with one attached hydrogen (secondary N) is 1. The number of carbonyl (C=O) groups excluding carboxylic acids is 1. The molecule has 0 saturated carbocycles. The second-order valence-electron chi connectivity index (χ2n) is 5.07. The first-order valence-corrected chi connectivity index (χ1v) is 8.48. The summed E-state index contributed by atoms with van der Waals surface area (Å²) in [5.74, 6) is -0.406. The molecular formula is C17H19NO4S. The van der Waals surface area contributed by atoms with Gasteiger partial charge in [0.25, 0.3) is 0 Å². The van der Waals surface area contributed by atoms with Crippen molar-refractivity contribution in [3.05, 3.63) is 54.0 Å². The first-order valence-electron chi connectivity index (χ1n) is 7.26. The minimum Gasteiger partial charge on any atom is -0.481 e. The normalized spacial score (nSPS) is 11.9. The van der Waals surface area contributed by atoms with Crippen LogP contribution in [0.4, 0.5) is 0 Å². The lowest BCUT2D eigenvalue weighted by Gasteiger charge is -2.17. The van der Waals surface area contributed by atoms with Gasteiger partial charge in [0.1, 0.15) is 5.76 Å². The molecule has 23 heavy (non-hydrogen) atoms. The van der Waals surface area contributed by atoms with Crippen molar-refractivity contribution in [1.29, 1.82) is 0 Å². The van der Waals surface area contributed by atoms with Gasteiger partial charge >= 0.3 is 5.97 Å². The number of aliphatic carboxylic acids is 1. The molecule has 1 heterocycles. The molecule has 2 aromatic rings. The van der Waals surface area contributed by atoms with E-state index < -0.39 is 12.0 Å². The third-order valence-electron chi connectivity index (χ3n) is 3.41. The number of rotatable bonds is 8. The van der Waals surface area contributed by atoms with Crippen LogP contribution >= 0.6 is 11.8 Å². The van der Waals surface area contributed by atoms with Crippen LogP contribution in [0.3, 0.4) is 0 Å². The van der Waals surface area contributed by atoms with Crippen molar-refractivity contribution < 1.29 is 19.1 Å². The summed E-state index contributed by atoms with van der Waals surface area (Å²) >= 11 is 1.61. The minimum atomic E-state index is -0.949. The molecule has 1 unspecified atom stereocenters. The summed E-state index contributed by atoms with van der Waals surface area (Å²) in [6.45, 7) is 0. The Morgan fingerprint density at radius 3 is 2.57 bits per heavy atom. The maximum Gasteiger partial charge on any atom is 0.305 e. The predicted octanol–water partition coefficient (Wildman–Crippen LogP) is 3.27. The van der Waals surface area contributed by atoms with E-state index in [0.29, 0.717) is 6.42 Å². The summed E-state index contributed by atoms with van der Waals surface area (Å²) in [5.41, 5.74) is 0.788. The van der Waals surface area contributed by atoms with E-state index in [9.17, 15) is 9.59 Å². The van der Waals surface area contributed by atoms with Crippen LogP contribution in [-0.4, -0.2) is 23.2 Å². The second-order valence-corrected chi connectivity index (χ2v) is 5.95. The lowest BCUT2D eigenvalue weighted by molar-refractivity contribution is -0.137. The lowest BCUT2D eigenvalue weighted by atomic mass is 10.0. The molecule has 0 aliphatic rings. The van der Waals surface area contributed by atoms with Gasteiger partial charge in [-0.25, -0.2) is 0 Å². The van der Waals surface area contributed by atoms with Gasteiger partial charge in [-0.1, -0.05) is 12.1 Å². The van der Waals surface area contributed by atoms with Crippen LogP contribution in [0.1, 0.15) is 30.2 Å². The smallest absolute Gasteiger partial charge is 0.305 e.